The van der Waals surface area contributed by atoms with E-state index in [0.29, 0.717) is 13.2 Å². The van der Waals surface area contributed by atoms with Crippen LogP contribution in [0.2, 0.25) is 0 Å². The molecule has 0 aromatic heterocycles. The Morgan fingerprint density at radius 1 is 1.36 bits per heavy atom. The maximum absolute atomic E-state index is 5.67. The third-order valence-corrected chi connectivity index (χ3v) is 1.89. The minimum Gasteiger partial charge on any atom is -0.348 e. The molecule has 0 amide bonds. The van der Waals surface area contributed by atoms with Gasteiger partial charge in [0.1, 0.15) is 0 Å². The van der Waals surface area contributed by atoms with Crippen LogP contribution in [0, 0.1) is 0 Å². The summed E-state index contributed by atoms with van der Waals surface area (Å²) in [5, 5.41) is 0. The maximum atomic E-state index is 5.67. The third-order valence-electron chi connectivity index (χ3n) is 1.89. The van der Waals surface area contributed by atoms with Gasteiger partial charge in [-0.1, -0.05) is 0 Å². The Morgan fingerprint density at radius 3 is 2.36 bits per heavy atom. The molecule has 1 aliphatic rings. The summed E-state index contributed by atoms with van der Waals surface area (Å²) in [4.78, 5) is 0. The first-order valence-electron chi connectivity index (χ1n) is 4.02. The second-order valence-corrected chi connectivity index (χ2v) is 3.78. The molecule has 1 atom stereocenters. The number of hydrogen-bond donors (Lipinski definition) is 1. The molecule has 1 saturated heterocycles. The van der Waals surface area contributed by atoms with Crippen molar-refractivity contribution in [1.82, 2.24) is 0 Å². The van der Waals surface area contributed by atoms with Crippen LogP contribution in [0.15, 0.2) is 0 Å². The van der Waals surface area contributed by atoms with Gasteiger partial charge in [0, 0.05) is 0 Å². The molecule has 1 unspecified atom stereocenters. The quantitative estimate of drug-likeness (QED) is 0.650. The second kappa shape index (κ2) is 2.73. The van der Waals surface area contributed by atoms with Crippen molar-refractivity contribution in [3.63, 3.8) is 0 Å². The molecule has 1 heterocycles. The van der Waals surface area contributed by atoms with Gasteiger partial charge in [0.2, 0.25) is 0 Å². The van der Waals surface area contributed by atoms with Crippen molar-refractivity contribution in [2.75, 3.05) is 13.2 Å². The molecule has 0 saturated carbocycles. The van der Waals surface area contributed by atoms with Crippen molar-refractivity contribution < 1.29 is 9.47 Å². The fourth-order valence-corrected chi connectivity index (χ4v) is 1.41. The normalized spacial score (nSPS) is 36.0. The SMILES string of the molecule is CC1(CCN)COC(C)(C)O1. The minimum absolute atomic E-state index is 0.168. The van der Waals surface area contributed by atoms with E-state index < -0.39 is 5.79 Å². The smallest absolute Gasteiger partial charge is 0.163 e. The Hall–Kier alpha value is -0.120. The molecule has 1 aliphatic heterocycles. The highest BCUT2D eigenvalue weighted by atomic mass is 16.7. The van der Waals surface area contributed by atoms with Gasteiger partial charge in [-0.25, -0.2) is 0 Å². The molecule has 11 heavy (non-hydrogen) atoms. The Labute approximate surface area is 67.9 Å². The van der Waals surface area contributed by atoms with Crippen LogP contribution < -0.4 is 5.73 Å². The van der Waals surface area contributed by atoms with Gasteiger partial charge in [0.05, 0.1) is 12.2 Å². The number of nitrogens with two attached hydrogens (primary N) is 1. The molecule has 66 valence electrons. The second-order valence-electron chi connectivity index (χ2n) is 3.78. The van der Waals surface area contributed by atoms with E-state index in [1.807, 2.05) is 20.8 Å². The monoisotopic (exact) mass is 159 g/mol. The highest BCUT2D eigenvalue weighted by Crippen LogP contribution is 2.32. The summed E-state index contributed by atoms with van der Waals surface area (Å²) in [5.41, 5.74) is 5.28. The first-order valence-corrected chi connectivity index (χ1v) is 4.02. The maximum Gasteiger partial charge on any atom is 0.163 e. The van der Waals surface area contributed by atoms with Gasteiger partial charge in [-0.2, -0.15) is 0 Å². The van der Waals surface area contributed by atoms with Crippen LogP contribution in [0.5, 0.6) is 0 Å². The first-order chi connectivity index (χ1) is 4.97. The summed E-state index contributed by atoms with van der Waals surface area (Å²) < 4.78 is 11.1. The van der Waals surface area contributed by atoms with Crippen LogP contribution in [-0.2, 0) is 9.47 Å². The van der Waals surface area contributed by atoms with E-state index >= 15 is 0 Å². The predicted molar refractivity (Wildman–Crippen MR) is 43.2 cm³/mol. The molecule has 2 N–H and O–H groups in total. The standard InChI is InChI=1S/C8H17NO2/c1-7(2)10-6-8(3,11-7)4-5-9/h4-6,9H2,1-3H3. The van der Waals surface area contributed by atoms with Crippen LogP contribution in [0.1, 0.15) is 27.2 Å². The minimum atomic E-state index is -0.427. The van der Waals surface area contributed by atoms with Gasteiger partial charge in [-0.15, -0.1) is 0 Å². The van der Waals surface area contributed by atoms with Gasteiger partial charge < -0.3 is 15.2 Å². The van der Waals surface area contributed by atoms with E-state index in [-0.39, 0.29) is 5.60 Å². The van der Waals surface area contributed by atoms with Crippen LogP contribution in [0.25, 0.3) is 0 Å². The van der Waals surface area contributed by atoms with Gasteiger partial charge in [-0.3, -0.25) is 0 Å². The lowest BCUT2D eigenvalue weighted by Gasteiger charge is -2.24. The van der Waals surface area contributed by atoms with E-state index in [0.717, 1.165) is 6.42 Å². The Balaban J connectivity index is 2.51. The molecular weight excluding hydrogens is 142 g/mol. The lowest BCUT2D eigenvalue weighted by atomic mass is 10.0. The van der Waals surface area contributed by atoms with Crippen molar-refractivity contribution >= 4 is 0 Å². The van der Waals surface area contributed by atoms with Crippen molar-refractivity contribution in [1.29, 1.82) is 0 Å². The summed E-state index contributed by atoms with van der Waals surface area (Å²) in [5.74, 6) is -0.427. The first kappa shape index (κ1) is 8.97. The topological polar surface area (TPSA) is 44.5 Å². The zero-order chi connectivity index (χ0) is 8.54. The number of rotatable bonds is 2. The molecule has 0 aliphatic carbocycles. The van der Waals surface area contributed by atoms with E-state index in [4.69, 9.17) is 15.2 Å². The van der Waals surface area contributed by atoms with Crippen molar-refractivity contribution in [3.05, 3.63) is 0 Å². The molecule has 0 aromatic rings. The van der Waals surface area contributed by atoms with Gasteiger partial charge >= 0.3 is 0 Å². The van der Waals surface area contributed by atoms with Crippen LogP contribution in [0.4, 0.5) is 0 Å². The summed E-state index contributed by atoms with van der Waals surface area (Å²) >= 11 is 0. The Kier molecular flexibility index (Phi) is 2.23. The lowest BCUT2D eigenvalue weighted by molar-refractivity contribution is -0.158. The molecule has 0 aromatic carbocycles. The molecule has 0 spiro atoms. The number of hydrogen-bond acceptors (Lipinski definition) is 3. The van der Waals surface area contributed by atoms with E-state index in [1.54, 1.807) is 0 Å². The molecule has 0 bridgehead atoms. The average molecular weight is 159 g/mol. The Bertz CT molecular complexity index is 147. The summed E-state index contributed by atoms with van der Waals surface area (Å²) in [7, 11) is 0. The largest absolute Gasteiger partial charge is 0.348 e. The fourth-order valence-electron chi connectivity index (χ4n) is 1.41. The highest BCUT2D eigenvalue weighted by molar-refractivity contribution is 4.83. The van der Waals surface area contributed by atoms with Gasteiger partial charge in [-0.05, 0) is 33.7 Å². The van der Waals surface area contributed by atoms with Crippen molar-refractivity contribution in [2.24, 2.45) is 5.73 Å². The predicted octanol–water partition coefficient (Wildman–Crippen LogP) is 0.877. The molecule has 3 heteroatoms. The van der Waals surface area contributed by atoms with Crippen LogP contribution >= 0.6 is 0 Å². The zero-order valence-corrected chi connectivity index (χ0v) is 7.52. The van der Waals surface area contributed by atoms with Gasteiger partial charge in [0.15, 0.2) is 5.79 Å². The molecule has 3 nitrogen and oxygen atoms in total. The lowest BCUT2D eigenvalue weighted by Crippen LogP contribution is -2.33. The van der Waals surface area contributed by atoms with E-state index in [1.165, 1.54) is 0 Å². The average Bonchev–Trinajstić information content (AvgIpc) is 2.07. The van der Waals surface area contributed by atoms with E-state index in [2.05, 4.69) is 0 Å². The van der Waals surface area contributed by atoms with Crippen LogP contribution in [0.3, 0.4) is 0 Å². The summed E-state index contributed by atoms with van der Waals surface area (Å²) in [6.07, 6.45) is 0.858. The third kappa shape index (κ3) is 2.15. The van der Waals surface area contributed by atoms with Gasteiger partial charge in [0.25, 0.3) is 0 Å². The molecule has 1 fully saturated rings. The summed E-state index contributed by atoms with van der Waals surface area (Å²) in [6, 6.07) is 0. The molecule has 0 radical (unpaired) electrons. The number of ether oxygens (including phenoxy) is 2. The summed E-state index contributed by atoms with van der Waals surface area (Å²) in [6.45, 7) is 7.19. The zero-order valence-electron chi connectivity index (χ0n) is 7.52. The van der Waals surface area contributed by atoms with E-state index in [9.17, 15) is 0 Å². The Morgan fingerprint density at radius 2 is 2.00 bits per heavy atom. The van der Waals surface area contributed by atoms with Crippen molar-refractivity contribution in [2.45, 2.75) is 38.6 Å². The fraction of sp³-hybridized carbons (Fsp3) is 1.00. The molecular formula is C8H17NO2. The highest BCUT2D eigenvalue weighted by Gasteiger charge is 2.40. The molecule has 1 rings (SSSR count). The van der Waals surface area contributed by atoms with Crippen LogP contribution in [-0.4, -0.2) is 24.5 Å². The van der Waals surface area contributed by atoms with Crippen molar-refractivity contribution in [3.8, 4) is 0 Å².